The van der Waals surface area contributed by atoms with Gasteiger partial charge in [-0.25, -0.2) is 0 Å². The van der Waals surface area contributed by atoms with E-state index >= 15 is 0 Å². The van der Waals surface area contributed by atoms with E-state index in [4.69, 9.17) is 0 Å². The van der Waals surface area contributed by atoms with E-state index in [1.54, 1.807) is 4.90 Å². The summed E-state index contributed by atoms with van der Waals surface area (Å²) in [5, 5.41) is 3.02. The molecule has 1 heterocycles. The molecule has 0 aliphatic heterocycles. The third-order valence-electron chi connectivity index (χ3n) is 4.63. The van der Waals surface area contributed by atoms with Crippen molar-refractivity contribution in [1.82, 2.24) is 15.0 Å². The SMILES string of the molecule is CCCN(CCC)c1nc(NC2CCCCC2)nc(OC(C(F)(F)F)C(F)(F)F)n1. The van der Waals surface area contributed by atoms with Crippen molar-refractivity contribution < 1.29 is 31.1 Å². The van der Waals surface area contributed by atoms with Gasteiger partial charge in [0.25, 0.3) is 6.10 Å². The van der Waals surface area contributed by atoms with Crippen molar-refractivity contribution in [3.8, 4) is 6.01 Å². The van der Waals surface area contributed by atoms with Crippen LogP contribution in [0.15, 0.2) is 0 Å². The van der Waals surface area contributed by atoms with Crippen LogP contribution in [0.2, 0.25) is 0 Å². The predicted octanol–water partition coefficient (Wildman–Crippen LogP) is 5.11. The van der Waals surface area contributed by atoms with Gasteiger partial charge in [0, 0.05) is 19.1 Å². The van der Waals surface area contributed by atoms with E-state index in [1.807, 2.05) is 13.8 Å². The van der Waals surface area contributed by atoms with Crippen LogP contribution in [-0.4, -0.2) is 52.5 Å². The van der Waals surface area contributed by atoms with Gasteiger partial charge in [-0.05, 0) is 25.7 Å². The number of nitrogens with one attached hydrogen (secondary N) is 1. The van der Waals surface area contributed by atoms with E-state index in [-0.39, 0.29) is 17.9 Å². The first-order valence-corrected chi connectivity index (χ1v) is 10.1. The van der Waals surface area contributed by atoms with Gasteiger partial charge >= 0.3 is 18.4 Å². The molecule has 1 saturated carbocycles. The van der Waals surface area contributed by atoms with Gasteiger partial charge in [-0.15, -0.1) is 0 Å². The number of aromatic nitrogens is 3. The lowest BCUT2D eigenvalue weighted by Gasteiger charge is -2.26. The van der Waals surface area contributed by atoms with Crippen LogP contribution in [-0.2, 0) is 0 Å². The molecule has 0 amide bonds. The van der Waals surface area contributed by atoms with Crippen molar-refractivity contribution in [2.24, 2.45) is 0 Å². The molecule has 30 heavy (non-hydrogen) atoms. The predicted molar refractivity (Wildman–Crippen MR) is 99.6 cm³/mol. The minimum absolute atomic E-state index is 0.00585. The summed E-state index contributed by atoms with van der Waals surface area (Å²) in [5.74, 6) is -0.0905. The molecular formula is C18H27F6N5O. The first-order chi connectivity index (χ1) is 14.0. The second kappa shape index (κ2) is 10.3. The number of halogens is 6. The molecule has 1 aliphatic carbocycles. The molecule has 1 N–H and O–H groups in total. The van der Waals surface area contributed by atoms with Crippen molar-refractivity contribution in [3.05, 3.63) is 0 Å². The summed E-state index contributed by atoms with van der Waals surface area (Å²) in [6, 6.07) is -1.01. The summed E-state index contributed by atoms with van der Waals surface area (Å²) in [7, 11) is 0. The topological polar surface area (TPSA) is 63.2 Å². The maximum absolute atomic E-state index is 12.9. The van der Waals surface area contributed by atoms with E-state index < -0.39 is 24.5 Å². The quantitative estimate of drug-likeness (QED) is 0.535. The standard InChI is InChI=1S/C18H27F6N5O/c1-3-10-29(11-4-2)15-26-14(25-12-8-6-5-7-9-12)27-16(28-15)30-13(17(19,20)21)18(22,23)24/h12-13H,3-11H2,1-2H3,(H,25,26,27,28). The smallest absolute Gasteiger partial charge is 0.434 e. The zero-order valence-corrected chi connectivity index (χ0v) is 17.0. The second-order valence-corrected chi connectivity index (χ2v) is 7.29. The van der Waals surface area contributed by atoms with Gasteiger partial charge < -0.3 is 15.0 Å². The highest BCUT2D eigenvalue weighted by Gasteiger charge is 2.59. The highest BCUT2D eigenvalue weighted by atomic mass is 19.4. The highest BCUT2D eigenvalue weighted by molar-refractivity contribution is 5.39. The summed E-state index contributed by atoms with van der Waals surface area (Å²) in [4.78, 5) is 13.4. The molecule has 0 aromatic carbocycles. The maximum Gasteiger partial charge on any atom is 0.434 e. The lowest BCUT2D eigenvalue weighted by Crippen LogP contribution is -2.47. The van der Waals surface area contributed by atoms with Crippen molar-refractivity contribution in [2.45, 2.75) is 83.3 Å². The van der Waals surface area contributed by atoms with Gasteiger partial charge in [0.15, 0.2) is 0 Å². The van der Waals surface area contributed by atoms with Crippen molar-refractivity contribution in [3.63, 3.8) is 0 Å². The van der Waals surface area contributed by atoms with Crippen molar-refractivity contribution in [2.75, 3.05) is 23.3 Å². The Balaban J connectivity index is 2.38. The van der Waals surface area contributed by atoms with Crippen LogP contribution in [0.3, 0.4) is 0 Å². The van der Waals surface area contributed by atoms with Crippen molar-refractivity contribution in [1.29, 1.82) is 0 Å². The van der Waals surface area contributed by atoms with Gasteiger partial charge in [0.05, 0.1) is 0 Å². The molecule has 1 aliphatic rings. The molecule has 1 aromatic heterocycles. The van der Waals surface area contributed by atoms with Crippen LogP contribution in [0.5, 0.6) is 6.01 Å². The average molecular weight is 443 g/mol. The molecule has 6 nitrogen and oxygen atoms in total. The van der Waals surface area contributed by atoms with Crippen LogP contribution in [0, 0.1) is 0 Å². The third-order valence-corrected chi connectivity index (χ3v) is 4.63. The zero-order chi connectivity index (χ0) is 22.4. The lowest BCUT2D eigenvalue weighted by molar-refractivity contribution is -0.301. The van der Waals surface area contributed by atoms with E-state index in [1.165, 1.54) is 0 Å². The number of rotatable bonds is 9. The second-order valence-electron chi connectivity index (χ2n) is 7.29. The van der Waals surface area contributed by atoms with Crippen LogP contribution < -0.4 is 15.0 Å². The molecule has 0 bridgehead atoms. The molecular weight excluding hydrogens is 416 g/mol. The molecule has 0 unspecified atom stereocenters. The normalized spacial score (nSPS) is 16.0. The van der Waals surface area contributed by atoms with E-state index in [0.29, 0.717) is 25.9 Å². The molecule has 2 rings (SSSR count). The first-order valence-electron chi connectivity index (χ1n) is 10.1. The Morgan fingerprint density at radius 1 is 0.933 bits per heavy atom. The van der Waals surface area contributed by atoms with Crippen molar-refractivity contribution >= 4 is 11.9 Å². The highest BCUT2D eigenvalue weighted by Crippen LogP contribution is 2.36. The summed E-state index contributed by atoms with van der Waals surface area (Å²) in [6.07, 6.45) is -9.28. The number of ether oxygens (including phenoxy) is 1. The fraction of sp³-hybridized carbons (Fsp3) is 0.833. The van der Waals surface area contributed by atoms with Gasteiger partial charge in [-0.1, -0.05) is 33.1 Å². The lowest BCUT2D eigenvalue weighted by atomic mass is 9.96. The van der Waals surface area contributed by atoms with Gasteiger partial charge in [0.1, 0.15) is 0 Å². The molecule has 0 spiro atoms. The number of alkyl halides is 6. The van der Waals surface area contributed by atoms with Gasteiger partial charge in [-0.2, -0.15) is 41.3 Å². The van der Waals surface area contributed by atoms with Crippen LogP contribution in [0.1, 0.15) is 58.8 Å². The summed E-state index contributed by atoms with van der Waals surface area (Å²) in [6.45, 7) is 4.77. The Hall–Kier alpha value is -2.01. The Morgan fingerprint density at radius 3 is 2.00 bits per heavy atom. The van der Waals surface area contributed by atoms with Gasteiger partial charge in [-0.3, -0.25) is 0 Å². The molecule has 0 radical (unpaired) electrons. The molecule has 0 atom stereocenters. The number of hydrogen-bond acceptors (Lipinski definition) is 6. The Kier molecular flexibility index (Phi) is 8.36. The molecule has 12 heteroatoms. The first kappa shape index (κ1) is 24.3. The Bertz CT molecular complexity index is 643. The van der Waals surface area contributed by atoms with Crippen LogP contribution >= 0.6 is 0 Å². The molecule has 172 valence electrons. The Morgan fingerprint density at radius 2 is 1.50 bits per heavy atom. The largest absolute Gasteiger partial charge is 0.440 e. The monoisotopic (exact) mass is 443 g/mol. The van der Waals surface area contributed by atoms with E-state index in [0.717, 1.165) is 32.1 Å². The minimum Gasteiger partial charge on any atom is -0.440 e. The fourth-order valence-corrected chi connectivity index (χ4v) is 3.31. The van der Waals surface area contributed by atoms with Crippen LogP contribution in [0.25, 0.3) is 0 Å². The Labute approximate surface area is 171 Å². The van der Waals surface area contributed by atoms with E-state index in [9.17, 15) is 26.3 Å². The maximum atomic E-state index is 12.9. The molecule has 1 aromatic rings. The number of nitrogens with zero attached hydrogens (tertiary/aromatic N) is 4. The van der Waals surface area contributed by atoms with Crippen LogP contribution in [0.4, 0.5) is 38.2 Å². The van der Waals surface area contributed by atoms with Gasteiger partial charge in [0.2, 0.25) is 11.9 Å². The molecule has 1 fully saturated rings. The number of anilines is 2. The third kappa shape index (κ3) is 7.05. The summed E-state index contributed by atoms with van der Waals surface area (Å²) < 4.78 is 81.8. The zero-order valence-electron chi connectivity index (χ0n) is 17.0. The summed E-state index contributed by atoms with van der Waals surface area (Å²) >= 11 is 0. The minimum atomic E-state index is -5.66. The molecule has 0 saturated heterocycles. The summed E-state index contributed by atoms with van der Waals surface area (Å²) in [5.41, 5.74) is 0. The fourth-order valence-electron chi connectivity index (χ4n) is 3.31. The number of hydrogen-bond donors (Lipinski definition) is 1. The van der Waals surface area contributed by atoms with E-state index in [2.05, 4.69) is 25.0 Å². The average Bonchev–Trinajstić information content (AvgIpc) is 2.65.